The molecular weight excluding hydrogens is 558 g/mol. The van der Waals surface area contributed by atoms with Crippen molar-refractivity contribution in [1.29, 1.82) is 0 Å². The second-order valence-electron chi connectivity index (χ2n) is 11.4. The molecule has 1 N–H and O–H groups in total. The Kier molecular flexibility index (Phi) is 10.1. The van der Waals surface area contributed by atoms with Crippen LogP contribution in [0.4, 0.5) is 23.2 Å². The Morgan fingerprint density at radius 2 is 1.81 bits per heavy atom. The maximum atomic E-state index is 15.4. The lowest BCUT2D eigenvalue weighted by molar-refractivity contribution is -0.139. The highest BCUT2D eigenvalue weighted by molar-refractivity contribution is 6.03. The van der Waals surface area contributed by atoms with Crippen LogP contribution in [0.15, 0.2) is 24.4 Å². The fourth-order valence-electron chi connectivity index (χ4n) is 5.48. The molecule has 12 heteroatoms. The summed E-state index contributed by atoms with van der Waals surface area (Å²) in [6.07, 6.45) is -0.318. The number of halogens is 4. The number of aromatic nitrogens is 1. The molecule has 0 spiro atoms. The summed E-state index contributed by atoms with van der Waals surface area (Å²) >= 11 is 0. The van der Waals surface area contributed by atoms with E-state index in [-0.39, 0.29) is 17.5 Å². The largest absolute Gasteiger partial charge is 0.478 e. The van der Waals surface area contributed by atoms with Crippen molar-refractivity contribution in [2.24, 2.45) is 11.8 Å². The molecule has 1 aliphatic heterocycles. The Hall–Kier alpha value is -3.25. The first-order valence-electron chi connectivity index (χ1n) is 14.3. The van der Waals surface area contributed by atoms with Crippen LogP contribution in [0.2, 0.25) is 0 Å². The molecule has 2 aromatic rings. The number of rotatable bonds is 9. The van der Waals surface area contributed by atoms with Crippen molar-refractivity contribution in [1.82, 2.24) is 9.88 Å². The highest BCUT2D eigenvalue weighted by Crippen LogP contribution is 2.40. The molecule has 1 aromatic carbocycles. The molecule has 0 atom stereocenters. The number of ether oxygens (including phenoxy) is 2. The number of alkyl halides is 3. The number of pyridine rings is 1. The molecule has 0 radical (unpaired) electrons. The fraction of sp³-hybridized carbons (Fsp3) is 0.567. The van der Waals surface area contributed by atoms with Crippen LogP contribution in [0.1, 0.15) is 67.9 Å². The zero-order valence-electron chi connectivity index (χ0n) is 24.0. The van der Waals surface area contributed by atoms with Gasteiger partial charge in [-0.2, -0.15) is 13.2 Å². The second-order valence-corrected chi connectivity index (χ2v) is 11.4. The van der Waals surface area contributed by atoms with E-state index < -0.39 is 46.8 Å². The van der Waals surface area contributed by atoms with E-state index in [2.05, 4.69) is 16.8 Å². The number of aromatic carboxylic acids is 1. The number of amides is 1. The van der Waals surface area contributed by atoms with Crippen LogP contribution in [0, 0.1) is 17.7 Å². The Morgan fingerprint density at radius 3 is 2.40 bits per heavy atom. The standard InChI is InChI=1S/C30H37F4N3O5/c1-18(2)37(28(38)21-6-4-19(3)5-7-21)25-16-24(31)26(15-22(25)29(39)40)42-27-23(30(32,33)34)14-20(17-35-27)8-9-36-10-12-41-13-11-36/h14-19,21H,4-13H2,1-3H3,(H,39,40). The number of anilines is 1. The van der Waals surface area contributed by atoms with Gasteiger partial charge >= 0.3 is 12.1 Å². The molecule has 4 rings (SSSR count). The van der Waals surface area contributed by atoms with Crippen LogP contribution >= 0.6 is 0 Å². The molecule has 0 unspecified atom stereocenters. The van der Waals surface area contributed by atoms with Gasteiger partial charge in [0.1, 0.15) is 5.56 Å². The Morgan fingerprint density at radius 1 is 1.14 bits per heavy atom. The van der Waals surface area contributed by atoms with Gasteiger partial charge in [-0.15, -0.1) is 0 Å². The van der Waals surface area contributed by atoms with Crippen LogP contribution in [0.3, 0.4) is 0 Å². The third-order valence-electron chi connectivity index (χ3n) is 7.90. The van der Waals surface area contributed by atoms with Crippen molar-refractivity contribution in [2.75, 3.05) is 37.7 Å². The van der Waals surface area contributed by atoms with Gasteiger partial charge in [0, 0.05) is 49.9 Å². The lowest BCUT2D eigenvalue weighted by Crippen LogP contribution is -2.43. The third-order valence-corrected chi connectivity index (χ3v) is 7.90. The summed E-state index contributed by atoms with van der Waals surface area (Å²) in [5, 5.41) is 9.97. The normalized spacial score (nSPS) is 20.0. The van der Waals surface area contributed by atoms with Crippen LogP contribution in [-0.2, 0) is 22.1 Å². The van der Waals surface area contributed by atoms with Gasteiger partial charge in [-0.25, -0.2) is 14.2 Å². The van der Waals surface area contributed by atoms with E-state index in [0.29, 0.717) is 63.6 Å². The van der Waals surface area contributed by atoms with Gasteiger partial charge in [-0.3, -0.25) is 9.69 Å². The summed E-state index contributed by atoms with van der Waals surface area (Å²) in [6, 6.07) is 2.07. The van der Waals surface area contributed by atoms with Crippen LogP contribution in [-0.4, -0.2) is 65.8 Å². The van der Waals surface area contributed by atoms with Crippen molar-refractivity contribution in [2.45, 2.75) is 65.1 Å². The van der Waals surface area contributed by atoms with E-state index in [1.54, 1.807) is 13.8 Å². The van der Waals surface area contributed by atoms with Gasteiger partial charge in [0.15, 0.2) is 11.6 Å². The SMILES string of the molecule is CC1CCC(C(=O)N(c2cc(F)c(Oc3ncc(CCN4CCOCC4)cc3C(F)(F)F)cc2C(=O)O)C(C)C)CC1. The molecule has 42 heavy (non-hydrogen) atoms. The highest BCUT2D eigenvalue weighted by Gasteiger charge is 2.37. The molecular formula is C30H37F4N3O5. The van der Waals surface area contributed by atoms with E-state index in [1.807, 2.05) is 0 Å². The topological polar surface area (TPSA) is 92.2 Å². The molecule has 0 bridgehead atoms. The fourth-order valence-corrected chi connectivity index (χ4v) is 5.48. The Bertz CT molecular complexity index is 1270. The number of hydrogen-bond donors (Lipinski definition) is 1. The molecule has 1 saturated heterocycles. The predicted octanol–water partition coefficient (Wildman–Crippen LogP) is 6.17. The average molecular weight is 596 g/mol. The smallest absolute Gasteiger partial charge is 0.421 e. The minimum Gasteiger partial charge on any atom is -0.478 e. The molecule has 230 valence electrons. The maximum absolute atomic E-state index is 15.4. The molecule has 2 fully saturated rings. The van der Waals surface area contributed by atoms with E-state index in [9.17, 15) is 27.9 Å². The minimum atomic E-state index is -4.86. The molecule has 2 heterocycles. The number of carboxylic acids is 1. The van der Waals surface area contributed by atoms with E-state index in [0.717, 1.165) is 31.0 Å². The first-order chi connectivity index (χ1) is 19.8. The summed E-state index contributed by atoms with van der Waals surface area (Å²) in [7, 11) is 0. The summed E-state index contributed by atoms with van der Waals surface area (Å²) in [5.74, 6) is -4.37. The Labute approximate surface area is 242 Å². The number of morpholine rings is 1. The van der Waals surface area contributed by atoms with E-state index >= 15 is 4.39 Å². The highest BCUT2D eigenvalue weighted by atomic mass is 19.4. The van der Waals surface area contributed by atoms with Gasteiger partial charge in [-0.1, -0.05) is 6.92 Å². The second kappa shape index (κ2) is 13.4. The van der Waals surface area contributed by atoms with Gasteiger partial charge < -0.3 is 19.5 Å². The summed E-state index contributed by atoms with van der Waals surface area (Å²) in [6.45, 7) is 8.49. The van der Waals surface area contributed by atoms with Crippen LogP contribution in [0.5, 0.6) is 11.6 Å². The van der Waals surface area contributed by atoms with Gasteiger partial charge in [-0.05, 0) is 63.5 Å². The first kappa shape index (κ1) is 31.7. The third kappa shape index (κ3) is 7.57. The molecule has 1 amide bonds. The lowest BCUT2D eigenvalue weighted by Gasteiger charge is -2.34. The molecule has 8 nitrogen and oxygen atoms in total. The van der Waals surface area contributed by atoms with Crippen molar-refractivity contribution < 1.29 is 41.7 Å². The predicted molar refractivity (Wildman–Crippen MR) is 147 cm³/mol. The molecule has 1 saturated carbocycles. The first-order valence-corrected chi connectivity index (χ1v) is 14.3. The zero-order chi connectivity index (χ0) is 30.6. The Balaban J connectivity index is 1.63. The zero-order valence-corrected chi connectivity index (χ0v) is 24.0. The number of benzene rings is 1. The lowest BCUT2D eigenvalue weighted by atomic mass is 9.82. The van der Waals surface area contributed by atoms with E-state index in [1.165, 1.54) is 11.1 Å². The van der Waals surface area contributed by atoms with Crippen LogP contribution < -0.4 is 9.64 Å². The summed E-state index contributed by atoms with van der Waals surface area (Å²) in [4.78, 5) is 32.9. The molecule has 1 aromatic heterocycles. The van der Waals surface area contributed by atoms with Gasteiger partial charge in [0.05, 0.1) is 24.5 Å². The van der Waals surface area contributed by atoms with Crippen molar-refractivity contribution in [3.63, 3.8) is 0 Å². The van der Waals surface area contributed by atoms with Crippen molar-refractivity contribution in [3.05, 3.63) is 46.9 Å². The summed E-state index contributed by atoms with van der Waals surface area (Å²) in [5.41, 5.74) is -1.51. The number of nitrogens with zero attached hydrogens (tertiary/aromatic N) is 3. The summed E-state index contributed by atoms with van der Waals surface area (Å²) < 4.78 is 68.0. The van der Waals surface area contributed by atoms with Crippen LogP contribution in [0.25, 0.3) is 0 Å². The van der Waals surface area contributed by atoms with Gasteiger partial charge in [0.2, 0.25) is 11.8 Å². The van der Waals surface area contributed by atoms with Crippen molar-refractivity contribution >= 4 is 17.6 Å². The van der Waals surface area contributed by atoms with Crippen molar-refractivity contribution in [3.8, 4) is 11.6 Å². The number of hydrogen-bond acceptors (Lipinski definition) is 6. The van der Waals surface area contributed by atoms with Gasteiger partial charge in [0.25, 0.3) is 0 Å². The monoisotopic (exact) mass is 595 g/mol. The number of carbonyl (C=O) groups excluding carboxylic acids is 1. The van der Waals surface area contributed by atoms with E-state index in [4.69, 9.17) is 9.47 Å². The molecule has 2 aliphatic rings. The quantitative estimate of drug-likeness (QED) is 0.347. The molecule has 1 aliphatic carbocycles. The number of carboxylic acid groups (broad SMARTS) is 1. The average Bonchev–Trinajstić information content (AvgIpc) is 2.93. The minimum absolute atomic E-state index is 0.173. The maximum Gasteiger partial charge on any atom is 0.421 e. The number of carbonyl (C=O) groups is 2.